The van der Waals surface area contributed by atoms with Crippen LogP contribution in [-0.2, 0) is 24.7 Å². The fourth-order valence-electron chi connectivity index (χ4n) is 4.57. The molecule has 0 unspecified atom stereocenters. The number of nitrogens with zero attached hydrogens (tertiary/aromatic N) is 4. The number of anilines is 1. The quantitative estimate of drug-likeness (QED) is 0.756. The summed E-state index contributed by atoms with van der Waals surface area (Å²) in [7, 11) is 1.19. The normalized spacial score (nSPS) is 19.2. The Bertz CT molecular complexity index is 910. The number of nitrogens with two attached hydrogens (primary N) is 1. The molecule has 1 saturated carbocycles. The summed E-state index contributed by atoms with van der Waals surface area (Å²) < 4.78 is 45.1. The lowest BCUT2D eigenvalue weighted by Crippen LogP contribution is -2.41. The number of fused-ring (bicyclic) bond motifs is 1. The zero-order chi connectivity index (χ0) is 21.4. The van der Waals surface area contributed by atoms with Crippen molar-refractivity contribution in [2.45, 2.75) is 63.2 Å². The summed E-state index contributed by atoms with van der Waals surface area (Å²) in [5, 5.41) is 0. The molecule has 6 nitrogen and oxygen atoms in total. The SMILES string of the molecule is COc1ncc(N2CCc3ncnc(C4(N)CCCCCC4)c3C2)cc1C(F)(F)F. The lowest BCUT2D eigenvalue weighted by atomic mass is 9.83. The van der Waals surface area contributed by atoms with Crippen molar-refractivity contribution in [1.82, 2.24) is 15.0 Å². The molecule has 1 fully saturated rings. The van der Waals surface area contributed by atoms with Gasteiger partial charge in [-0.2, -0.15) is 13.2 Å². The van der Waals surface area contributed by atoms with E-state index in [-0.39, 0.29) is 0 Å². The second-order valence-electron chi connectivity index (χ2n) is 8.14. The molecule has 0 aromatic carbocycles. The number of alkyl halides is 3. The Kier molecular flexibility index (Phi) is 5.57. The summed E-state index contributed by atoms with van der Waals surface area (Å²) in [5.74, 6) is -0.424. The van der Waals surface area contributed by atoms with Gasteiger partial charge in [0.1, 0.15) is 11.9 Å². The Labute approximate surface area is 173 Å². The van der Waals surface area contributed by atoms with E-state index in [1.807, 2.05) is 4.90 Å². The number of pyridine rings is 1. The van der Waals surface area contributed by atoms with Crippen molar-refractivity contribution >= 4 is 5.69 Å². The Morgan fingerprint density at radius 3 is 2.50 bits per heavy atom. The van der Waals surface area contributed by atoms with E-state index in [1.165, 1.54) is 13.3 Å². The molecule has 162 valence electrons. The third-order valence-corrected chi connectivity index (χ3v) is 6.17. The van der Waals surface area contributed by atoms with Crippen molar-refractivity contribution in [2.24, 2.45) is 5.73 Å². The first-order chi connectivity index (χ1) is 14.3. The van der Waals surface area contributed by atoms with Crippen LogP contribution in [0.5, 0.6) is 5.88 Å². The Morgan fingerprint density at radius 1 is 1.10 bits per heavy atom. The van der Waals surface area contributed by atoms with Crippen LogP contribution in [0, 0.1) is 0 Å². The zero-order valence-electron chi connectivity index (χ0n) is 17.0. The molecule has 0 radical (unpaired) electrons. The minimum atomic E-state index is -4.54. The first-order valence-electron chi connectivity index (χ1n) is 10.3. The van der Waals surface area contributed by atoms with Crippen LogP contribution in [0.2, 0.25) is 0 Å². The zero-order valence-corrected chi connectivity index (χ0v) is 17.0. The number of methoxy groups -OCH3 is 1. The van der Waals surface area contributed by atoms with E-state index in [0.717, 1.165) is 61.5 Å². The Morgan fingerprint density at radius 2 is 1.83 bits per heavy atom. The van der Waals surface area contributed by atoms with E-state index < -0.39 is 23.2 Å². The average molecular weight is 421 g/mol. The van der Waals surface area contributed by atoms with Crippen molar-refractivity contribution < 1.29 is 17.9 Å². The van der Waals surface area contributed by atoms with E-state index >= 15 is 0 Å². The van der Waals surface area contributed by atoms with Gasteiger partial charge in [-0.25, -0.2) is 15.0 Å². The largest absolute Gasteiger partial charge is 0.481 e. The van der Waals surface area contributed by atoms with E-state index in [9.17, 15) is 13.2 Å². The minimum absolute atomic E-state index is 0.399. The second-order valence-corrected chi connectivity index (χ2v) is 8.14. The molecule has 1 aliphatic heterocycles. The van der Waals surface area contributed by atoms with Gasteiger partial charge in [0.2, 0.25) is 5.88 Å². The maximum atomic E-state index is 13.4. The summed E-state index contributed by atoms with van der Waals surface area (Å²) in [6, 6.07) is 1.10. The fourth-order valence-corrected chi connectivity index (χ4v) is 4.57. The highest BCUT2D eigenvalue weighted by Crippen LogP contribution is 2.39. The summed E-state index contributed by atoms with van der Waals surface area (Å²) >= 11 is 0. The van der Waals surface area contributed by atoms with Crippen molar-refractivity contribution in [3.8, 4) is 5.88 Å². The lowest BCUT2D eigenvalue weighted by Gasteiger charge is -2.35. The van der Waals surface area contributed by atoms with Crippen LogP contribution in [0.4, 0.5) is 18.9 Å². The van der Waals surface area contributed by atoms with E-state index in [1.54, 1.807) is 6.33 Å². The molecule has 2 aromatic heterocycles. The van der Waals surface area contributed by atoms with Crippen LogP contribution < -0.4 is 15.4 Å². The van der Waals surface area contributed by atoms with Gasteiger partial charge >= 0.3 is 6.18 Å². The van der Waals surface area contributed by atoms with Crippen molar-refractivity contribution in [3.05, 3.63) is 41.1 Å². The summed E-state index contributed by atoms with van der Waals surface area (Å²) in [4.78, 5) is 14.8. The van der Waals surface area contributed by atoms with Gasteiger partial charge in [-0.1, -0.05) is 25.7 Å². The van der Waals surface area contributed by atoms with Gasteiger partial charge < -0.3 is 15.4 Å². The van der Waals surface area contributed by atoms with Gasteiger partial charge in [-0.05, 0) is 18.9 Å². The molecular weight excluding hydrogens is 395 g/mol. The van der Waals surface area contributed by atoms with Gasteiger partial charge in [0.15, 0.2) is 0 Å². The van der Waals surface area contributed by atoms with Gasteiger partial charge in [-0.15, -0.1) is 0 Å². The highest BCUT2D eigenvalue weighted by molar-refractivity contribution is 5.52. The van der Waals surface area contributed by atoms with Crippen LogP contribution in [0.15, 0.2) is 18.6 Å². The number of ether oxygens (including phenoxy) is 1. The second kappa shape index (κ2) is 8.02. The molecule has 1 aliphatic carbocycles. The maximum Gasteiger partial charge on any atom is 0.421 e. The first kappa shape index (κ1) is 20.8. The predicted octanol–water partition coefficient (Wildman–Crippen LogP) is 3.97. The number of rotatable bonds is 3. The molecule has 30 heavy (non-hydrogen) atoms. The molecule has 2 aromatic rings. The Balaban J connectivity index is 1.69. The third-order valence-electron chi connectivity index (χ3n) is 6.17. The molecule has 0 atom stereocenters. The van der Waals surface area contributed by atoms with Crippen molar-refractivity contribution in [2.75, 3.05) is 18.6 Å². The summed E-state index contributed by atoms with van der Waals surface area (Å²) in [6.07, 6.45) is 5.22. The van der Waals surface area contributed by atoms with Crippen LogP contribution >= 0.6 is 0 Å². The van der Waals surface area contributed by atoms with Gasteiger partial charge in [0.05, 0.1) is 35.9 Å². The molecule has 9 heteroatoms. The van der Waals surface area contributed by atoms with Gasteiger partial charge in [0, 0.05) is 25.1 Å². The Hall–Kier alpha value is -2.42. The molecule has 2 N–H and O–H groups in total. The van der Waals surface area contributed by atoms with Crippen molar-refractivity contribution in [3.63, 3.8) is 0 Å². The molecule has 3 heterocycles. The smallest absolute Gasteiger partial charge is 0.421 e. The maximum absolute atomic E-state index is 13.4. The summed E-state index contributed by atoms with van der Waals surface area (Å²) in [6.45, 7) is 0.960. The number of halogens is 3. The van der Waals surface area contributed by atoms with Crippen molar-refractivity contribution in [1.29, 1.82) is 0 Å². The highest BCUT2D eigenvalue weighted by Gasteiger charge is 2.37. The monoisotopic (exact) mass is 421 g/mol. The molecule has 0 amide bonds. The molecule has 4 rings (SSSR count). The summed E-state index contributed by atoms with van der Waals surface area (Å²) in [5.41, 5.74) is 8.55. The van der Waals surface area contributed by atoms with Crippen LogP contribution in [0.1, 0.15) is 61.0 Å². The van der Waals surface area contributed by atoms with Crippen LogP contribution in [-0.4, -0.2) is 28.6 Å². The number of hydrogen-bond acceptors (Lipinski definition) is 6. The van der Waals surface area contributed by atoms with Crippen LogP contribution in [0.25, 0.3) is 0 Å². The first-order valence-corrected chi connectivity index (χ1v) is 10.3. The van der Waals surface area contributed by atoms with Gasteiger partial charge in [0.25, 0.3) is 0 Å². The van der Waals surface area contributed by atoms with Gasteiger partial charge in [-0.3, -0.25) is 0 Å². The predicted molar refractivity (Wildman–Crippen MR) is 106 cm³/mol. The molecule has 0 saturated heterocycles. The molecule has 2 aliphatic rings. The topological polar surface area (TPSA) is 77.2 Å². The molecule has 0 spiro atoms. The number of hydrogen-bond donors (Lipinski definition) is 1. The lowest BCUT2D eigenvalue weighted by molar-refractivity contribution is -0.139. The third kappa shape index (κ3) is 3.95. The molecular formula is C21H26F3N5O. The highest BCUT2D eigenvalue weighted by atomic mass is 19.4. The average Bonchev–Trinajstić information content (AvgIpc) is 2.97. The van der Waals surface area contributed by atoms with E-state index in [2.05, 4.69) is 15.0 Å². The van der Waals surface area contributed by atoms with E-state index in [0.29, 0.717) is 25.2 Å². The fraction of sp³-hybridized carbons (Fsp3) is 0.571. The minimum Gasteiger partial charge on any atom is -0.481 e. The number of aromatic nitrogens is 3. The van der Waals surface area contributed by atoms with E-state index in [4.69, 9.17) is 10.5 Å². The van der Waals surface area contributed by atoms with Crippen LogP contribution in [0.3, 0.4) is 0 Å². The molecule has 0 bridgehead atoms. The standard InChI is InChI=1S/C21H26F3N5O/c1-30-19-16(21(22,23)24)10-14(11-26-19)29-9-6-17-15(12-29)18(28-13-27-17)20(25)7-4-2-3-5-8-20/h10-11,13H,2-9,12,25H2,1H3.